The number of rotatable bonds is 13. The van der Waals surface area contributed by atoms with Crippen LogP contribution < -0.4 is 4.90 Å². The van der Waals surface area contributed by atoms with Crippen molar-refractivity contribution < 1.29 is 14.6 Å². The van der Waals surface area contributed by atoms with Crippen LogP contribution in [0, 0.1) is 0 Å². The summed E-state index contributed by atoms with van der Waals surface area (Å²) in [5.74, 6) is 0.0224. The third kappa shape index (κ3) is 8.29. The van der Waals surface area contributed by atoms with Gasteiger partial charge in [0.25, 0.3) is 0 Å². The smallest absolute Gasteiger partial charge is 0.229 e. The molecule has 1 atom stereocenters. The molecule has 1 saturated heterocycles. The number of ether oxygens (including phenoxy) is 1. The summed E-state index contributed by atoms with van der Waals surface area (Å²) < 4.78 is 5.38. The van der Waals surface area contributed by atoms with E-state index in [4.69, 9.17) is 4.74 Å². The maximum atomic E-state index is 12.9. The molecule has 1 fully saturated rings. The summed E-state index contributed by atoms with van der Waals surface area (Å²) in [5, 5.41) is 10.8. The summed E-state index contributed by atoms with van der Waals surface area (Å²) in [5.41, 5.74) is 0.782. The lowest BCUT2D eigenvalue weighted by Gasteiger charge is -2.31. The van der Waals surface area contributed by atoms with Crippen LogP contribution >= 0.6 is 0 Å². The Morgan fingerprint density at radius 2 is 1.71 bits per heavy atom. The van der Waals surface area contributed by atoms with Gasteiger partial charge in [-0.3, -0.25) is 14.6 Å². The van der Waals surface area contributed by atoms with E-state index in [0.717, 1.165) is 51.4 Å². The number of carbonyl (C=O) groups is 1. The highest BCUT2D eigenvalue weighted by Crippen LogP contribution is 2.20. The van der Waals surface area contributed by atoms with E-state index < -0.39 is 6.23 Å². The van der Waals surface area contributed by atoms with Crippen molar-refractivity contribution in [1.29, 1.82) is 0 Å². The Morgan fingerprint density at radius 1 is 1.07 bits per heavy atom. The lowest BCUT2D eigenvalue weighted by molar-refractivity contribution is -0.120. The molecule has 1 aliphatic heterocycles. The number of amides is 1. The number of aliphatic hydroxyl groups excluding tert-OH is 1. The Labute approximate surface area is 170 Å². The minimum atomic E-state index is -0.790. The molecule has 1 N–H and O–H groups in total. The number of unbranched alkanes of at least 4 members (excludes halogenated alkanes) is 6. The Kier molecular flexibility index (Phi) is 11.2. The number of morpholine rings is 1. The first-order valence-electron chi connectivity index (χ1n) is 11.1. The molecule has 158 valence electrons. The number of hydrogen-bond donors (Lipinski definition) is 1. The maximum absolute atomic E-state index is 12.9. The van der Waals surface area contributed by atoms with Gasteiger partial charge < -0.3 is 9.84 Å². The fourth-order valence-electron chi connectivity index (χ4n) is 3.68. The highest BCUT2D eigenvalue weighted by molar-refractivity contribution is 5.93. The van der Waals surface area contributed by atoms with Gasteiger partial charge in [0.2, 0.25) is 5.91 Å². The first kappa shape index (κ1) is 22.9. The molecular formula is C23H38N2O3. The average molecular weight is 391 g/mol. The van der Waals surface area contributed by atoms with Crippen molar-refractivity contribution >= 4 is 11.6 Å². The molecule has 0 bridgehead atoms. The molecule has 1 aliphatic rings. The molecule has 0 saturated carbocycles. The minimum absolute atomic E-state index is 0.0224. The standard InChI is InChI=1S/C23H38N2O3/c1-2-3-4-5-6-7-11-14-22(26)25(21-12-9-8-10-13-21)23(27)15-16-24-17-19-28-20-18-24/h8-10,12-13,23,27H,2-7,11,14-20H2,1H3. The third-order valence-electron chi connectivity index (χ3n) is 5.40. The van der Waals surface area contributed by atoms with E-state index in [0.29, 0.717) is 12.8 Å². The SMILES string of the molecule is CCCCCCCCCC(=O)N(c1ccccc1)C(O)CCN1CCOCC1. The van der Waals surface area contributed by atoms with E-state index in [-0.39, 0.29) is 5.91 Å². The van der Waals surface area contributed by atoms with Gasteiger partial charge in [0, 0.05) is 38.2 Å². The quantitative estimate of drug-likeness (QED) is 0.405. The number of para-hydroxylation sites is 1. The Bertz CT molecular complexity index is 532. The van der Waals surface area contributed by atoms with Crippen molar-refractivity contribution in [1.82, 2.24) is 4.90 Å². The maximum Gasteiger partial charge on any atom is 0.229 e. The number of hydrogen-bond acceptors (Lipinski definition) is 4. The van der Waals surface area contributed by atoms with Gasteiger partial charge in [-0.05, 0) is 18.6 Å². The van der Waals surface area contributed by atoms with Gasteiger partial charge in [0.05, 0.1) is 13.2 Å². The van der Waals surface area contributed by atoms with Crippen LogP contribution in [0.1, 0.15) is 64.7 Å². The summed E-state index contributed by atoms with van der Waals surface area (Å²) in [7, 11) is 0. The molecule has 5 nitrogen and oxygen atoms in total. The minimum Gasteiger partial charge on any atom is -0.379 e. The first-order valence-corrected chi connectivity index (χ1v) is 11.1. The molecular weight excluding hydrogens is 352 g/mol. The summed E-state index contributed by atoms with van der Waals surface area (Å²) in [6.45, 7) is 6.28. The van der Waals surface area contributed by atoms with Crippen LogP contribution in [-0.4, -0.2) is 55.0 Å². The number of anilines is 1. The molecule has 1 amide bonds. The van der Waals surface area contributed by atoms with E-state index in [2.05, 4.69) is 11.8 Å². The third-order valence-corrected chi connectivity index (χ3v) is 5.40. The zero-order chi connectivity index (χ0) is 20.0. The summed E-state index contributed by atoms with van der Waals surface area (Å²) in [6, 6.07) is 9.57. The molecule has 1 aromatic carbocycles. The summed E-state index contributed by atoms with van der Waals surface area (Å²) in [6.07, 6.45) is 8.54. The van der Waals surface area contributed by atoms with Crippen LogP contribution in [0.3, 0.4) is 0 Å². The fourth-order valence-corrected chi connectivity index (χ4v) is 3.68. The Hall–Kier alpha value is -1.43. The fraction of sp³-hybridized carbons (Fsp3) is 0.696. The van der Waals surface area contributed by atoms with E-state index in [1.165, 1.54) is 32.1 Å². The van der Waals surface area contributed by atoms with Crippen LogP contribution in [0.4, 0.5) is 5.69 Å². The lowest BCUT2D eigenvalue weighted by Crippen LogP contribution is -2.44. The van der Waals surface area contributed by atoms with E-state index in [1.54, 1.807) is 4.90 Å². The second-order valence-electron chi connectivity index (χ2n) is 7.69. The second-order valence-corrected chi connectivity index (χ2v) is 7.69. The normalized spacial score (nSPS) is 16.1. The van der Waals surface area contributed by atoms with Crippen molar-refractivity contribution in [2.75, 3.05) is 37.7 Å². The molecule has 1 unspecified atom stereocenters. The van der Waals surface area contributed by atoms with E-state index in [1.807, 2.05) is 30.3 Å². The van der Waals surface area contributed by atoms with Crippen molar-refractivity contribution in [2.24, 2.45) is 0 Å². The topological polar surface area (TPSA) is 53.0 Å². The van der Waals surface area contributed by atoms with Crippen molar-refractivity contribution in [3.05, 3.63) is 30.3 Å². The summed E-state index contributed by atoms with van der Waals surface area (Å²) >= 11 is 0. The molecule has 0 radical (unpaired) electrons. The average Bonchev–Trinajstić information content (AvgIpc) is 2.73. The van der Waals surface area contributed by atoms with Crippen molar-refractivity contribution in [3.63, 3.8) is 0 Å². The van der Waals surface area contributed by atoms with Crippen molar-refractivity contribution in [3.8, 4) is 0 Å². The van der Waals surface area contributed by atoms with Gasteiger partial charge in [0.1, 0.15) is 6.23 Å². The lowest BCUT2D eigenvalue weighted by atomic mass is 10.1. The monoisotopic (exact) mass is 390 g/mol. The Balaban J connectivity index is 1.83. The predicted molar refractivity (Wildman–Crippen MR) is 114 cm³/mol. The predicted octanol–water partition coefficient (Wildman–Crippen LogP) is 4.20. The number of aliphatic hydroxyl groups is 1. The van der Waals surface area contributed by atoms with Gasteiger partial charge in [-0.25, -0.2) is 0 Å². The number of benzene rings is 1. The first-order chi connectivity index (χ1) is 13.7. The molecule has 5 heteroatoms. The second kappa shape index (κ2) is 13.7. The van der Waals surface area contributed by atoms with Gasteiger partial charge in [-0.2, -0.15) is 0 Å². The molecule has 0 aliphatic carbocycles. The largest absolute Gasteiger partial charge is 0.379 e. The van der Waals surface area contributed by atoms with Crippen LogP contribution in [0.2, 0.25) is 0 Å². The zero-order valence-corrected chi connectivity index (χ0v) is 17.5. The van der Waals surface area contributed by atoms with Gasteiger partial charge in [-0.1, -0.05) is 63.6 Å². The van der Waals surface area contributed by atoms with Gasteiger partial charge in [0.15, 0.2) is 0 Å². The highest BCUT2D eigenvalue weighted by atomic mass is 16.5. The van der Waals surface area contributed by atoms with Crippen molar-refractivity contribution in [2.45, 2.75) is 70.9 Å². The Morgan fingerprint density at radius 3 is 2.39 bits per heavy atom. The van der Waals surface area contributed by atoms with Crippen LogP contribution in [0.15, 0.2) is 30.3 Å². The molecule has 1 heterocycles. The highest BCUT2D eigenvalue weighted by Gasteiger charge is 2.24. The van der Waals surface area contributed by atoms with Crippen LogP contribution in [0.25, 0.3) is 0 Å². The number of nitrogens with zero attached hydrogens (tertiary/aromatic N) is 2. The zero-order valence-electron chi connectivity index (χ0n) is 17.5. The van der Waals surface area contributed by atoms with Gasteiger partial charge in [-0.15, -0.1) is 0 Å². The molecule has 0 aromatic heterocycles. The van der Waals surface area contributed by atoms with Crippen LogP contribution in [-0.2, 0) is 9.53 Å². The molecule has 2 rings (SSSR count). The molecule has 1 aromatic rings. The van der Waals surface area contributed by atoms with E-state index >= 15 is 0 Å². The van der Waals surface area contributed by atoms with Crippen LogP contribution in [0.5, 0.6) is 0 Å². The number of carbonyl (C=O) groups excluding carboxylic acids is 1. The summed E-state index contributed by atoms with van der Waals surface area (Å²) in [4.78, 5) is 16.8. The molecule has 28 heavy (non-hydrogen) atoms. The van der Waals surface area contributed by atoms with E-state index in [9.17, 15) is 9.90 Å². The molecule has 0 spiro atoms. The van der Waals surface area contributed by atoms with Gasteiger partial charge >= 0.3 is 0 Å².